The van der Waals surface area contributed by atoms with Crippen molar-refractivity contribution >= 4 is 54.8 Å². The minimum absolute atomic E-state index is 0.00296. The zero-order valence-electron chi connectivity index (χ0n) is 18.5. The molecule has 0 bridgehead atoms. The number of nitrogens with zero attached hydrogens (tertiary/aromatic N) is 4. The second kappa shape index (κ2) is 9.11. The highest BCUT2D eigenvalue weighted by Crippen LogP contribution is 2.38. The maximum atomic E-state index is 12.8. The number of hydrogen-bond donors (Lipinski definition) is 1. The van der Waals surface area contributed by atoms with Crippen LogP contribution in [0.1, 0.15) is 28.2 Å². The van der Waals surface area contributed by atoms with E-state index in [1.54, 1.807) is 46.8 Å². The van der Waals surface area contributed by atoms with E-state index in [0.29, 0.717) is 31.1 Å². The number of carbonyl (C=O) groups excluding carboxylic acids is 2. The maximum Gasteiger partial charge on any atom is 0.260 e. The molecule has 10 heteroatoms. The van der Waals surface area contributed by atoms with Crippen LogP contribution in [0, 0.1) is 12.8 Å². The molecule has 2 amide bonds. The smallest absolute Gasteiger partial charge is 0.260 e. The largest absolute Gasteiger partial charge is 0.483 e. The molecule has 1 N–H and O–H groups in total. The van der Waals surface area contributed by atoms with E-state index in [2.05, 4.69) is 15.4 Å². The number of ether oxygens (including phenoxy) is 1. The molecule has 1 aliphatic rings. The molecule has 0 spiro atoms. The first-order valence-electron chi connectivity index (χ1n) is 10.9. The molecule has 0 aliphatic carbocycles. The summed E-state index contributed by atoms with van der Waals surface area (Å²) in [6.45, 7) is 3.99. The summed E-state index contributed by atoms with van der Waals surface area (Å²) >= 11 is 3.29. The first-order valence-corrected chi connectivity index (χ1v) is 12.6. The van der Waals surface area contributed by atoms with E-state index < -0.39 is 0 Å². The average molecular weight is 484 g/mol. The molecule has 0 saturated carbocycles. The number of fused-ring (bicyclic) bond motifs is 3. The predicted molar refractivity (Wildman–Crippen MR) is 130 cm³/mol. The molecule has 0 atom stereocenters. The number of aromatic nitrogens is 3. The van der Waals surface area contributed by atoms with Gasteiger partial charge in [0.25, 0.3) is 11.8 Å². The van der Waals surface area contributed by atoms with Gasteiger partial charge in [0.1, 0.15) is 5.75 Å². The molecule has 1 aliphatic heterocycles. The average Bonchev–Trinajstić information content (AvgIpc) is 3.55. The number of rotatable bonds is 6. The third kappa shape index (κ3) is 4.58. The third-order valence-corrected chi connectivity index (χ3v) is 7.84. The lowest BCUT2D eigenvalue weighted by molar-refractivity contribution is -0.134. The lowest BCUT2D eigenvalue weighted by Gasteiger charge is -2.32. The van der Waals surface area contributed by atoms with Gasteiger partial charge in [0, 0.05) is 44.3 Å². The molecule has 4 heterocycles. The van der Waals surface area contributed by atoms with Crippen LogP contribution in [0.25, 0.3) is 20.3 Å². The van der Waals surface area contributed by atoms with Gasteiger partial charge < -0.3 is 15.0 Å². The monoisotopic (exact) mass is 483 g/mol. The fraction of sp³-hybridized carbons (Fsp3) is 0.391. The molecular weight excluding hydrogens is 458 g/mol. The number of hydrogen-bond acceptors (Lipinski definition) is 7. The van der Waals surface area contributed by atoms with Gasteiger partial charge in [-0.25, -0.2) is 4.98 Å². The van der Waals surface area contributed by atoms with Gasteiger partial charge in [-0.2, -0.15) is 5.10 Å². The van der Waals surface area contributed by atoms with Gasteiger partial charge in [0.2, 0.25) is 0 Å². The number of aryl methyl sites for hydroxylation is 2. The number of piperidine rings is 1. The van der Waals surface area contributed by atoms with Crippen LogP contribution >= 0.6 is 22.7 Å². The Morgan fingerprint density at radius 3 is 2.88 bits per heavy atom. The molecule has 33 heavy (non-hydrogen) atoms. The van der Waals surface area contributed by atoms with Crippen molar-refractivity contribution in [2.24, 2.45) is 13.0 Å². The van der Waals surface area contributed by atoms with Crippen LogP contribution in [0.15, 0.2) is 29.9 Å². The topological polar surface area (TPSA) is 89.3 Å². The summed E-state index contributed by atoms with van der Waals surface area (Å²) in [5.41, 5.74) is 1.58. The Kier molecular flexibility index (Phi) is 6.03. The van der Waals surface area contributed by atoms with Gasteiger partial charge in [0.05, 0.1) is 31.7 Å². The van der Waals surface area contributed by atoms with E-state index in [4.69, 9.17) is 4.74 Å². The number of nitrogens with one attached hydrogen (secondary N) is 1. The molecule has 0 unspecified atom stereocenters. The molecular formula is C23H25N5O3S2. The van der Waals surface area contributed by atoms with Crippen LogP contribution in [0.5, 0.6) is 5.75 Å². The van der Waals surface area contributed by atoms with Gasteiger partial charge in [0.15, 0.2) is 6.61 Å². The predicted octanol–water partition coefficient (Wildman–Crippen LogP) is 3.60. The summed E-state index contributed by atoms with van der Waals surface area (Å²) in [7, 11) is 1.79. The summed E-state index contributed by atoms with van der Waals surface area (Å²) in [5.74, 6) is 0.987. The van der Waals surface area contributed by atoms with Gasteiger partial charge in [-0.15, -0.1) is 22.7 Å². The van der Waals surface area contributed by atoms with Crippen molar-refractivity contribution in [2.45, 2.75) is 19.8 Å². The third-order valence-electron chi connectivity index (χ3n) is 6.00. The van der Waals surface area contributed by atoms with Crippen LogP contribution < -0.4 is 10.1 Å². The summed E-state index contributed by atoms with van der Waals surface area (Å²) in [5, 5.41) is 11.1. The molecule has 8 nitrogen and oxygen atoms in total. The molecule has 172 valence electrons. The minimum Gasteiger partial charge on any atom is -0.483 e. The standard InChI is InChI=1S/C23H25N5O3S2/c1-14-26-21-19(33-14)9-18(17-5-8-32-22(17)21)31-13-20(29)28-6-3-15(4-7-28)10-24-23(30)16-11-25-27(2)12-16/h5,8-9,11-12,15H,3-4,6-7,10,13H2,1-2H3,(H,24,30). The van der Waals surface area contributed by atoms with Gasteiger partial charge in [-0.1, -0.05) is 0 Å². The Balaban J connectivity index is 1.13. The Labute approximate surface area is 199 Å². The number of amides is 2. The fourth-order valence-corrected chi connectivity index (χ4v) is 6.03. The molecule has 1 saturated heterocycles. The number of thiazole rings is 1. The zero-order valence-corrected chi connectivity index (χ0v) is 20.2. The highest BCUT2D eigenvalue weighted by molar-refractivity contribution is 7.21. The quantitative estimate of drug-likeness (QED) is 0.453. The molecule has 5 rings (SSSR count). The first kappa shape index (κ1) is 21.8. The van der Waals surface area contributed by atoms with E-state index in [1.165, 1.54) is 0 Å². The number of benzene rings is 1. The van der Waals surface area contributed by atoms with E-state index in [1.807, 2.05) is 29.3 Å². The van der Waals surface area contributed by atoms with Crippen molar-refractivity contribution in [3.63, 3.8) is 0 Å². The van der Waals surface area contributed by atoms with Crippen LogP contribution in [0.2, 0.25) is 0 Å². The minimum atomic E-state index is -0.108. The second-order valence-electron chi connectivity index (χ2n) is 8.34. The number of carbonyl (C=O) groups is 2. The van der Waals surface area contributed by atoms with Crippen molar-refractivity contribution in [1.82, 2.24) is 25.0 Å². The van der Waals surface area contributed by atoms with Gasteiger partial charge >= 0.3 is 0 Å². The van der Waals surface area contributed by atoms with Crippen LogP contribution in [0.3, 0.4) is 0 Å². The van der Waals surface area contributed by atoms with E-state index in [-0.39, 0.29) is 18.4 Å². The summed E-state index contributed by atoms with van der Waals surface area (Å²) in [4.78, 5) is 31.5. The van der Waals surface area contributed by atoms with Gasteiger partial charge in [-0.05, 0) is 37.1 Å². The van der Waals surface area contributed by atoms with E-state index in [9.17, 15) is 9.59 Å². The van der Waals surface area contributed by atoms with Crippen molar-refractivity contribution in [3.8, 4) is 5.75 Å². The van der Waals surface area contributed by atoms with Crippen LogP contribution in [0.4, 0.5) is 0 Å². The summed E-state index contributed by atoms with van der Waals surface area (Å²) < 4.78 is 9.80. The lowest BCUT2D eigenvalue weighted by Crippen LogP contribution is -2.43. The number of thiophene rings is 1. The Morgan fingerprint density at radius 2 is 2.12 bits per heavy atom. The molecule has 1 aromatic carbocycles. The Morgan fingerprint density at radius 1 is 1.30 bits per heavy atom. The van der Waals surface area contributed by atoms with Crippen molar-refractivity contribution < 1.29 is 14.3 Å². The Hall–Kier alpha value is -2.98. The van der Waals surface area contributed by atoms with E-state index >= 15 is 0 Å². The SMILES string of the molecule is Cc1nc2c(cc(OCC(=O)N3CCC(CNC(=O)c4cnn(C)c4)CC3)c3ccsc32)s1. The molecule has 1 fully saturated rings. The highest BCUT2D eigenvalue weighted by Gasteiger charge is 2.24. The van der Waals surface area contributed by atoms with Crippen molar-refractivity contribution in [2.75, 3.05) is 26.2 Å². The molecule has 3 aromatic heterocycles. The zero-order chi connectivity index (χ0) is 22.9. The fourth-order valence-electron chi connectivity index (χ4n) is 4.20. The van der Waals surface area contributed by atoms with Crippen molar-refractivity contribution in [3.05, 3.63) is 40.5 Å². The molecule has 0 radical (unpaired) electrons. The van der Waals surface area contributed by atoms with Crippen molar-refractivity contribution in [1.29, 1.82) is 0 Å². The normalized spacial score (nSPS) is 14.8. The molecule has 4 aromatic rings. The van der Waals surface area contributed by atoms with Gasteiger partial charge in [-0.3, -0.25) is 14.3 Å². The highest BCUT2D eigenvalue weighted by atomic mass is 32.1. The first-order chi connectivity index (χ1) is 16.0. The van der Waals surface area contributed by atoms with E-state index in [0.717, 1.165) is 43.9 Å². The Bertz CT molecular complexity index is 1320. The summed E-state index contributed by atoms with van der Waals surface area (Å²) in [6.07, 6.45) is 4.99. The second-order valence-corrected chi connectivity index (χ2v) is 10.5. The van der Waals surface area contributed by atoms with Crippen LogP contribution in [-0.4, -0.2) is 57.7 Å². The van der Waals surface area contributed by atoms with Crippen LogP contribution in [-0.2, 0) is 11.8 Å². The maximum absolute atomic E-state index is 12.8. The lowest BCUT2D eigenvalue weighted by atomic mass is 9.96. The summed E-state index contributed by atoms with van der Waals surface area (Å²) in [6, 6.07) is 4.03. The number of likely N-dealkylation sites (tertiary alicyclic amines) is 1.